The maximum atomic E-state index is 12.3. The minimum atomic E-state index is -2.41. The second-order valence-corrected chi connectivity index (χ2v) is 4.95. The van der Waals surface area contributed by atoms with E-state index in [1.807, 2.05) is 32.0 Å². The van der Waals surface area contributed by atoms with Gasteiger partial charge in [-0.15, -0.1) is 0 Å². The molecule has 2 aromatic rings. The molecule has 0 aliphatic heterocycles. The fourth-order valence-electron chi connectivity index (χ4n) is 2.20. The van der Waals surface area contributed by atoms with Crippen LogP contribution in [0.1, 0.15) is 24.1 Å². The lowest BCUT2D eigenvalue weighted by molar-refractivity contribution is 0.122. The molecule has 0 bridgehead atoms. The molecule has 1 heterocycles. The third-order valence-electron chi connectivity index (χ3n) is 3.19. The highest BCUT2D eigenvalue weighted by Gasteiger charge is 2.13. The third kappa shape index (κ3) is 3.93. The average Bonchev–Trinajstić information content (AvgIpc) is 2.85. The van der Waals surface area contributed by atoms with Gasteiger partial charge in [-0.25, -0.2) is 8.78 Å². The molecule has 6 heteroatoms. The monoisotopic (exact) mass is 295 g/mol. The molecular formula is C15H19F2N3O. The molecule has 0 amide bonds. The molecule has 0 unspecified atom stereocenters. The lowest BCUT2D eigenvalue weighted by Gasteiger charge is -2.18. The van der Waals surface area contributed by atoms with Crippen molar-refractivity contribution in [3.05, 3.63) is 41.7 Å². The summed E-state index contributed by atoms with van der Waals surface area (Å²) >= 11 is 0. The number of aryl methyl sites for hydroxylation is 1. The third-order valence-corrected chi connectivity index (χ3v) is 3.19. The smallest absolute Gasteiger partial charge is 0.257 e. The van der Waals surface area contributed by atoms with Gasteiger partial charge in [0.15, 0.2) is 0 Å². The summed E-state index contributed by atoms with van der Waals surface area (Å²) < 4.78 is 31.2. The lowest BCUT2D eigenvalue weighted by atomic mass is 10.0. The summed E-state index contributed by atoms with van der Waals surface area (Å²) in [6.45, 7) is 3.60. The molecule has 1 atom stereocenters. The van der Waals surface area contributed by atoms with Gasteiger partial charge in [0, 0.05) is 11.8 Å². The van der Waals surface area contributed by atoms with Crippen LogP contribution in [0.15, 0.2) is 30.6 Å². The van der Waals surface area contributed by atoms with Crippen LogP contribution in [-0.2, 0) is 6.54 Å². The van der Waals surface area contributed by atoms with Crippen molar-refractivity contribution in [1.29, 1.82) is 0 Å². The Labute approximate surface area is 122 Å². The number of nitrogens with zero attached hydrogens (tertiary/aromatic N) is 2. The Morgan fingerprint density at radius 1 is 1.38 bits per heavy atom. The quantitative estimate of drug-likeness (QED) is 0.884. The van der Waals surface area contributed by atoms with Gasteiger partial charge in [0.05, 0.1) is 25.0 Å². The van der Waals surface area contributed by atoms with Crippen molar-refractivity contribution >= 4 is 5.69 Å². The first-order valence-electron chi connectivity index (χ1n) is 6.71. The van der Waals surface area contributed by atoms with E-state index in [1.165, 1.54) is 4.68 Å². The highest BCUT2D eigenvalue weighted by atomic mass is 19.3. The minimum absolute atomic E-state index is 0.0240. The number of rotatable bonds is 6. The van der Waals surface area contributed by atoms with E-state index in [2.05, 4.69) is 10.4 Å². The van der Waals surface area contributed by atoms with Crippen molar-refractivity contribution in [2.24, 2.45) is 0 Å². The number of benzene rings is 1. The molecule has 1 aromatic heterocycles. The van der Waals surface area contributed by atoms with Gasteiger partial charge in [-0.1, -0.05) is 17.7 Å². The van der Waals surface area contributed by atoms with E-state index in [0.29, 0.717) is 5.69 Å². The highest BCUT2D eigenvalue weighted by Crippen LogP contribution is 2.28. The van der Waals surface area contributed by atoms with Crippen LogP contribution in [0.5, 0.6) is 5.75 Å². The second-order valence-electron chi connectivity index (χ2n) is 4.95. The average molecular weight is 295 g/mol. The van der Waals surface area contributed by atoms with Crippen molar-refractivity contribution in [1.82, 2.24) is 9.78 Å². The summed E-state index contributed by atoms with van der Waals surface area (Å²) in [5, 5.41) is 7.15. The van der Waals surface area contributed by atoms with E-state index < -0.39 is 13.0 Å². The predicted molar refractivity (Wildman–Crippen MR) is 78.0 cm³/mol. The molecule has 0 aliphatic rings. The molecule has 0 aliphatic carbocycles. The Balaban J connectivity index is 2.12. The van der Waals surface area contributed by atoms with Gasteiger partial charge in [-0.3, -0.25) is 4.68 Å². The number of ether oxygens (including phenoxy) is 1. The van der Waals surface area contributed by atoms with E-state index in [9.17, 15) is 8.78 Å². The molecule has 0 saturated carbocycles. The topological polar surface area (TPSA) is 39.1 Å². The second kappa shape index (κ2) is 6.56. The van der Waals surface area contributed by atoms with Gasteiger partial charge in [0.2, 0.25) is 0 Å². The van der Waals surface area contributed by atoms with Crippen LogP contribution in [0, 0.1) is 6.92 Å². The molecule has 2 rings (SSSR count). The SMILES string of the molecule is COc1ccc(C)cc1[C@H](C)Nc1cnn(CC(F)F)c1. The van der Waals surface area contributed by atoms with Crippen LogP contribution in [0.4, 0.5) is 14.5 Å². The largest absolute Gasteiger partial charge is 0.496 e. The van der Waals surface area contributed by atoms with Crippen molar-refractivity contribution in [2.75, 3.05) is 12.4 Å². The number of anilines is 1. The Morgan fingerprint density at radius 2 is 2.14 bits per heavy atom. The number of alkyl halides is 2. The summed E-state index contributed by atoms with van der Waals surface area (Å²) in [5.41, 5.74) is 2.85. The van der Waals surface area contributed by atoms with E-state index in [1.54, 1.807) is 19.5 Å². The van der Waals surface area contributed by atoms with E-state index in [-0.39, 0.29) is 6.04 Å². The standard InChI is InChI=1S/C15H19F2N3O/c1-10-4-5-14(21-3)13(6-10)11(2)19-12-7-18-20(8-12)9-15(16)17/h4-8,11,15,19H,9H2,1-3H3/t11-/m0/s1. The first kappa shape index (κ1) is 15.3. The van der Waals surface area contributed by atoms with Gasteiger partial charge in [0.25, 0.3) is 6.43 Å². The molecule has 0 fully saturated rings. The number of halogens is 2. The first-order chi connectivity index (χ1) is 9.99. The van der Waals surface area contributed by atoms with Crippen molar-refractivity contribution in [3.63, 3.8) is 0 Å². The van der Waals surface area contributed by atoms with Crippen LogP contribution < -0.4 is 10.1 Å². The molecule has 0 saturated heterocycles. The molecule has 21 heavy (non-hydrogen) atoms. The van der Waals surface area contributed by atoms with Crippen LogP contribution >= 0.6 is 0 Å². The van der Waals surface area contributed by atoms with Crippen LogP contribution in [0.3, 0.4) is 0 Å². The molecule has 1 N–H and O–H groups in total. The predicted octanol–water partition coefficient (Wildman–Crippen LogP) is 3.64. The van der Waals surface area contributed by atoms with Gasteiger partial charge in [-0.2, -0.15) is 5.10 Å². The maximum Gasteiger partial charge on any atom is 0.257 e. The molecule has 1 aromatic carbocycles. The maximum absolute atomic E-state index is 12.3. The minimum Gasteiger partial charge on any atom is -0.496 e. The van der Waals surface area contributed by atoms with Crippen molar-refractivity contribution < 1.29 is 13.5 Å². The van der Waals surface area contributed by atoms with Gasteiger partial charge >= 0.3 is 0 Å². The lowest BCUT2D eigenvalue weighted by Crippen LogP contribution is -2.09. The number of nitrogens with one attached hydrogen (secondary N) is 1. The highest BCUT2D eigenvalue weighted by molar-refractivity contribution is 5.46. The van der Waals surface area contributed by atoms with Gasteiger partial charge in [-0.05, 0) is 19.9 Å². The molecule has 0 radical (unpaired) electrons. The normalized spacial score (nSPS) is 12.5. The summed E-state index contributed by atoms with van der Waals surface area (Å²) in [5.74, 6) is 0.792. The van der Waals surface area contributed by atoms with Crippen molar-refractivity contribution in [3.8, 4) is 5.75 Å². The zero-order chi connectivity index (χ0) is 15.4. The molecule has 0 spiro atoms. The zero-order valence-electron chi connectivity index (χ0n) is 12.3. The first-order valence-corrected chi connectivity index (χ1v) is 6.71. The summed E-state index contributed by atoms with van der Waals surface area (Å²) in [6, 6.07) is 5.92. The number of hydrogen-bond donors (Lipinski definition) is 1. The number of aromatic nitrogens is 2. The zero-order valence-corrected chi connectivity index (χ0v) is 12.3. The van der Waals surface area contributed by atoms with Crippen LogP contribution in [0.2, 0.25) is 0 Å². The van der Waals surface area contributed by atoms with E-state index >= 15 is 0 Å². The fraction of sp³-hybridized carbons (Fsp3) is 0.400. The molecular weight excluding hydrogens is 276 g/mol. The Hall–Kier alpha value is -2.11. The van der Waals surface area contributed by atoms with Gasteiger partial charge in [0.1, 0.15) is 12.3 Å². The van der Waals surface area contributed by atoms with Crippen molar-refractivity contribution in [2.45, 2.75) is 32.9 Å². The summed E-state index contributed by atoms with van der Waals surface area (Å²) in [4.78, 5) is 0. The molecule has 114 valence electrons. The van der Waals surface area contributed by atoms with E-state index in [4.69, 9.17) is 4.74 Å². The fourth-order valence-corrected chi connectivity index (χ4v) is 2.20. The van der Waals surface area contributed by atoms with E-state index in [0.717, 1.165) is 16.9 Å². The Morgan fingerprint density at radius 3 is 2.81 bits per heavy atom. The Bertz CT molecular complexity index is 598. The summed E-state index contributed by atoms with van der Waals surface area (Å²) in [6.07, 6.45) is 0.707. The Kier molecular flexibility index (Phi) is 4.77. The number of methoxy groups -OCH3 is 1. The van der Waals surface area contributed by atoms with Crippen LogP contribution in [0.25, 0.3) is 0 Å². The van der Waals surface area contributed by atoms with Gasteiger partial charge < -0.3 is 10.1 Å². The molecule has 4 nitrogen and oxygen atoms in total. The number of hydrogen-bond acceptors (Lipinski definition) is 3. The van der Waals surface area contributed by atoms with Crippen LogP contribution in [-0.4, -0.2) is 23.3 Å². The summed E-state index contributed by atoms with van der Waals surface area (Å²) in [7, 11) is 1.63.